The number of piperazine rings is 1. The molecule has 0 saturated carbocycles. The molecule has 0 radical (unpaired) electrons. The van der Waals surface area contributed by atoms with Crippen molar-refractivity contribution in [1.29, 1.82) is 0 Å². The van der Waals surface area contributed by atoms with E-state index in [0.29, 0.717) is 44.4 Å². The highest BCUT2D eigenvalue weighted by Crippen LogP contribution is 2.36. The number of nitrogens with zero attached hydrogens (tertiary/aromatic N) is 6. The zero-order valence-electron chi connectivity index (χ0n) is 17.7. The second kappa shape index (κ2) is 8.59. The van der Waals surface area contributed by atoms with Gasteiger partial charge in [0.15, 0.2) is 5.69 Å². The number of amides is 2. The second-order valence-electron chi connectivity index (χ2n) is 7.99. The molecule has 0 N–H and O–H groups in total. The van der Waals surface area contributed by atoms with Crippen molar-refractivity contribution in [2.45, 2.75) is 18.2 Å². The predicted molar refractivity (Wildman–Crippen MR) is 117 cm³/mol. The normalized spacial score (nSPS) is 25.1. The van der Waals surface area contributed by atoms with Gasteiger partial charge in [-0.05, 0) is 12.1 Å². The predicted octanol–water partition coefficient (Wildman–Crippen LogP) is 1.73. The Hall–Kier alpha value is -3.26. The van der Waals surface area contributed by atoms with Crippen LogP contribution >= 0.6 is 11.6 Å². The summed E-state index contributed by atoms with van der Waals surface area (Å²) in [4.78, 5) is 43.7. The zero-order valence-corrected chi connectivity index (χ0v) is 18.4. The number of hydrogen-bond acceptors (Lipinski definition) is 8. The van der Waals surface area contributed by atoms with Gasteiger partial charge in [-0.15, -0.1) is 6.42 Å². The Labute approximate surface area is 195 Å². The van der Waals surface area contributed by atoms with Crippen molar-refractivity contribution in [2.75, 3.05) is 44.3 Å². The third-order valence-electron chi connectivity index (χ3n) is 6.20. The van der Waals surface area contributed by atoms with Gasteiger partial charge in [0.25, 0.3) is 5.91 Å². The van der Waals surface area contributed by atoms with Crippen LogP contribution in [0.2, 0.25) is 5.02 Å². The van der Waals surface area contributed by atoms with Crippen LogP contribution < -0.4 is 4.90 Å². The number of halogens is 1. The molecule has 2 amide bonds. The van der Waals surface area contributed by atoms with E-state index >= 15 is 0 Å². The van der Waals surface area contributed by atoms with E-state index in [4.69, 9.17) is 27.5 Å². The molecule has 2 atom stereocenters. The Morgan fingerprint density at radius 1 is 1.21 bits per heavy atom. The van der Waals surface area contributed by atoms with Crippen molar-refractivity contribution >= 4 is 29.4 Å². The number of hydrogen-bond donors (Lipinski definition) is 0. The summed E-state index contributed by atoms with van der Waals surface area (Å²) in [7, 11) is 0. The van der Waals surface area contributed by atoms with Gasteiger partial charge in [-0.1, -0.05) is 17.5 Å². The summed E-state index contributed by atoms with van der Waals surface area (Å²) in [6.45, 7) is 3.22. The highest BCUT2D eigenvalue weighted by atomic mass is 35.5. The van der Waals surface area contributed by atoms with Crippen LogP contribution in [0.3, 0.4) is 0 Å². The van der Waals surface area contributed by atoms with Gasteiger partial charge < -0.3 is 14.4 Å². The minimum atomic E-state index is -1.08. The Morgan fingerprint density at radius 2 is 2.00 bits per heavy atom. The van der Waals surface area contributed by atoms with Gasteiger partial charge in [0, 0.05) is 57.8 Å². The topological polar surface area (TPSA) is 101 Å². The minimum Gasteiger partial charge on any atom is -0.419 e. The number of ether oxygens (including phenoxy) is 2. The number of terminal acetylenes is 1. The van der Waals surface area contributed by atoms with Crippen molar-refractivity contribution in [3.63, 3.8) is 0 Å². The summed E-state index contributed by atoms with van der Waals surface area (Å²) >= 11 is 5.94. The molecule has 5 rings (SSSR count). The van der Waals surface area contributed by atoms with Gasteiger partial charge in [-0.25, -0.2) is 19.7 Å². The van der Waals surface area contributed by atoms with E-state index in [9.17, 15) is 9.59 Å². The molecule has 0 bridgehead atoms. The van der Waals surface area contributed by atoms with E-state index in [1.165, 1.54) is 23.5 Å². The number of rotatable bonds is 3. The number of carbonyl (C=O) groups is 2. The summed E-state index contributed by atoms with van der Waals surface area (Å²) in [6, 6.07) is 3.18. The van der Waals surface area contributed by atoms with Gasteiger partial charge in [-0.3, -0.25) is 14.7 Å². The highest BCUT2D eigenvalue weighted by molar-refractivity contribution is 6.30. The van der Waals surface area contributed by atoms with Crippen LogP contribution in [-0.2, 0) is 9.47 Å². The number of carbonyl (C=O) groups excluding carboxylic acids is 2. The first kappa shape index (κ1) is 21.6. The van der Waals surface area contributed by atoms with Crippen molar-refractivity contribution in [1.82, 2.24) is 24.8 Å². The molecular formula is C22H21ClN6O4. The van der Waals surface area contributed by atoms with E-state index in [2.05, 4.69) is 25.8 Å². The molecule has 2 saturated heterocycles. The number of pyridine rings is 1. The molecule has 0 aliphatic carbocycles. The fraction of sp³-hybridized carbons (Fsp3) is 0.409. The summed E-state index contributed by atoms with van der Waals surface area (Å²) in [5, 5.41) is 0.419. The SMILES string of the molecule is C#CC1(N2CCN(C(=O)O[C@H]3c4nccnc4C(=O)N3c3ccc(Cl)cn3)CC2)CCOC1. The van der Waals surface area contributed by atoms with Crippen molar-refractivity contribution in [3.05, 3.63) is 47.1 Å². The first-order chi connectivity index (χ1) is 16.0. The second-order valence-corrected chi connectivity index (χ2v) is 8.43. The van der Waals surface area contributed by atoms with Crippen LogP contribution in [0.25, 0.3) is 0 Å². The van der Waals surface area contributed by atoms with Crippen LogP contribution in [0.4, 0.5) is 10.6 Å². The third-order valence-corrected chi connectivity index (χ3v) is 6.42. The Balaban J connectivity index is 1.33. The van der Waals surface area contributed by atoms with Crippen molar-refractivity contribution < 1.29 is 19.1 Å². The maximum Gasteiger partial charge on any atom is 0.412 e. The van der Waals surface area contributed by atoms with E-state index in [0.717, 1.165) is 6.42 Å². The minimum absolute atomic E-state index is 0.120. The van der Waals surface area contributed by atoms with Gasteiger partial charge >= 0.3 is 6.09 Å². The molecule has 0 spiro atoms. The lowest BCUT2D eigenvalue weighted by atomic mass is 9.96. The highest BCUT2D eigenvalue weighted by Gasteiger charge is 2.45. The average molecular weight is 469 g/mol. The average Bonchev–Trinajstić information content (AvgIpc) is 3.44. The summed E-state index contributed by atoms with van der Waals surface area (Å²) in [6.07, 6.45) is 9.23. The van der Waals surface area contributed by atoms with Crippen LogP contribution in [0.5, 0.6) is 0 Å². The largest absolute Gasteiger partial charge is 0.419 e. The van der Waals surface area contributed by atoms with Crippen LogP contribution in [-0.4, -0.2) is 81.7 Å². The van der Waals surface area contributed by atoms with Crippen LogP contribution in [0, 0.1) is 12.3 Å². The molecule has 33 heavy (non-hydrogen) atoms. The molecule has 3 aliphatic rings. The van der Waals surface area contributed by atoms with E-state index in [-0.39, 0.29) is 17.2 Å². The van der Waals surface area contributed by atoms with Crippen molar-refractivity contribution in [3.8, 4) is 12.3 Å². The van der Waals surface area contributed by atoms with Gasteiger partial charge in [0.05, 0.1) is 11.6 Å². The van der Waals surface area contributed by atoms with Gasteiger partial charge in [0.2, 0.25) is 6.23 Å². The lowest BCUT2D eigenvalue weighted by Crippen LogP contribution is -2.58. The maximum atomic E-state index is 13.1. The summed E-state index contributed by atoms with van der Waals surface area (Å²) < 4.78 is 11.3. The van der Waals surface area contributed by atoms with Crippen LogP contribution in [0.1, 0.15) is 28.8 Å². The maximum absolute atomic E-state index is 13.1. The van der Waals surface area contributed by atoms with E-state index in [1.807, 2.05) is 0 Å². The molecule has 10 nitrogen and oxygen atoms in total. The molecular weight excluding hydrogens is 448 g/mol. The molecule has 2 aromatic rings. The molecule has 2 fully saturated rings. The lowest BCUT2D eigenvalue weighted by molar-refractivity contribution is 0.0254. The van der Waals surface area contributed by atoms with E-state index in [1.54, 1.807) is 17.0 Å². The molecule has 11 heteroatoms. The Morgan fingerprint density at radius 3 is 2.67 bits per heavy atom. The Bertz CT molecular complexity index is 1110. The number of fused-ring (bicyclic) bond motifs is 1. The summed E-state index contributed by atoms with van der Waals surface area (Å²) in [5.41, 5.74) is -0.0332. The molecule has 5 heterocycles. The zero-order chi connectivity index (χ0) is 23.0. The third kappa shape index (κ3) is 3.78. The number of aromatic nitrogens is 3. The smallest absolute Gasteiger partial charge is 0.412 e. The fourth-order valence-electron chi connectivity index (χ4n) is 4.38. The molecule has 0 aromatic carbocycles. The fourth-order valence-corrected chi connectivity index (χ4v) is 4.49. The van der Waals surface area contributed by atoms with Crippen LogP contribution in [0.15, 0.2) is 30.7 Å². The van der Waals surface area contributed by atoms with Gasteiger partial charge in [0.1, 0.15) is 17.1 Å². The quantitative estimate of drug-likeness (QED) is 0.628. The molecule has 3 aliphatic heterocycles. The monoisotopic (exact) mass is 468 g/mol. The Kier molecular flexibility index (Phi) is 5.62. The molecule has 170 valence electrons. The van der Waals surface area contributed by atoms with E-state index < -0.39 is 23.8 Å². The van der Waals surface area contributed by atoms with Crippen molar-refractivity contribution in [2.24, 2.45) is 0 Å². The standard InChI is InChI=1S/C22H21ClN6O4/c1-2-22(5-12-32-14-22)28-10-8-27(9-11-28)21(31)33-20-18-17(24-6-7-25-18)19(30)29(20)16-4-3-15(23)13-26-16/h1,3-4,6-7,13,20H,5,8-12,14H2/t20-,22?/m0/s1. The molecule has 2 aromatic heterocycles. The first-order valence-electron chi connectivity index (χ1n) is 10.5. The molecule has 1 unspecified atom stereocenters. The summed E-state index contributed by atoms with van der Waals surface area (Å²) in [5.74, 6) is 2.71. The van der Waals surface area contributed by atoms with Gasteiger partial charge in [-0.2, -0.15) is 0 Å². The number of anilines is 1. The lowest BCUT2D eigenvalue weighted by Gasteiger charge is -2.42. The first-order valence-corrected chi connectivity index (χ1v) is 10.9.